The Bertz CT molecular complexity index is 1290. The zero-order chi connectivity index (χ0) is 28.5. The van der Waals surface area contributed by atoms with Crippen molar-refractivity contribution in [1.29, 1.82) is 5.26 Å². The molecule has 0 saturated carbocycles. The van der Waals surface area contributed by atoms with Crippen molar-refractivity contribution in [2.75, 3.05) is 33.4 Å². The van der Waals surface area contributed by atoms with Crippen LogP contribution in [0.4, 0.5) is 4.79 Å². The van der Waals surface area contributed by atoms with Crippen molar-refractivity contribution in [2.45, 2.75) is 45.1 Å². The number of unbranched alkanes of at least 4 members (excludes halogenated alkanes) is 1. The summed E-state index contributed by atoms with van der Waals surface area (Å²) in [6.07, 6.45) is 1.98. The van der Waals surface area contributed by atoms with Crippen LogP contribution in [0.15, 0.2) is 59.7 Å². The molecule has 0 radical (unpaired) electrons. The number of alkyl carbamates (subject to hydrolysis) is 1. The number of hydrazone groups is 1. The molecular formula is C30H35N5O5. The number of benzene rings is 2. The molecule has 1 fully saturated rings. The molecule has 210 valence electrons. The minimum Gasteiger partial charge on any atom is -0.493 e. The number of hydrogen-bond acceptors (Lipinski definition) is 7. The van der Waals surface area contributed by atoms with E-state index in [0.29, 0.717) is 30.7 Å². The van der Waals surface area contributed by atoms with Crippen LogP contribution in [0.1, 0.15) is 43.7 Å². The van der Waals surface area contributed by atoms with E-state index < -0.39 is 17.6 Å². The van der Waals surface area contributed by atoms with Gasteiger partial charge in [0.2, 0.25) is 5.91 Å². The highest BCUT2D eigenvalue weighted by atomic mass is 16.5. The number of nitrogens with one attached hydrogen (secondary N) is 1. The van der Waals surface area contributed by atoms with E-state index in [1.165, 1.54) is 5.01 Å². The molecule has 1 N–H and O–H groups in total. The van der Waals surface area contributed by atoms with Crippen LogP contribution in [0.5, 0.6) is 5.75 Å². The Morgan fingerprint density at radius 3 is 2.73 bits per heavy atom. The number of carbonyl (C=O) groups excluding carboxylic acids is 3. The van der Waals surface area contributed by atoms with Crippen molar-refractivity contribution in [3.05, 3.63) is 65.7 Å². The molecule has 0 unspecified atom stereocenters. The number of carbonyl (C=O) groups is 3. The van der Waals surface area contributed by atoms with E-state index in [9.17, 15) is 14.4 Å². The van der Waals surface area contributed by atoms with E-state index >= 15 is 0 Å². The van der Waals surface area contributed by atoms with Gasteiger partial charge >= 0.3 is 6.09 Å². The SMILES string of the molecule is CCCCOC(=O)N[C@H](CCOc1cccc(C#N)c1)C(=O)N1CCC2=NN(C)C(=O)[C@]2(Cc2ccccc2)C1. The van der Waals surface area contributed by atoms with Crippen molar-refractivity contribution < 1.29 is 23.9 Å². The fourth-order valence-electron chi connectivity index (χ4n) is 5.14. The third-order valence-corrected chi connectivity index (χ3v) is 7.23. The van der Waals surface area contributed by atoms with Gasteiger partial charge in [0.15, 0.2) is 0 Å². The van der Waals surface area contributed by atoms with Gasteiger partial charge in [-0.2, -0.15) is 10.4 Å². The molecule has 2 atom stereocenters. The highest BCUT2D eigenvalue weighted by molar-refractivity contribution is 6.13. The Labute approximate surface area is 234 Å². The van der Waals surface area contributed by atoms with Gasteiger partial charge in [-0.05, 0) is 36.6 Å². The number of likely N-dealkylation sites (tertiary alicyclic amines) is 1. The predicted molar refractivity (Wildman–Crippen MR) is 148 cm³/mol. The standard InChI is InChI=1S/C30H35N5O5/c1-3-4-16-40-29(38)32-25(14-17-39-24-12-8-11-23(18-24)20-31)27(36)35-15-13-26-30(21-35,28(37)34(2)33-26)19-22-9-6-5-7-10-22/h5-12,18,25H,3-4,13-17,19,21H2,1-2H3,(H,32,38)/t25-,30-/m1/s1. The second kappa shape index (κ2) is 13.1. The maximum Gasteiger partial charge on any atom is 0.407 e. The summed E-state index contributed by atoms with van der Waals surface area (Å²) in [5, 5.41) is 17.7. The third-order valence-electron chi connectivity index (χ3n) is 7.23. The number of hydrogen-bond donors (Lipinski definition) is 1. The molecule has 0 aliphatic carbocycles. The lowest BCUT2D eigenvalue weighted by Crippen LogP contribution is -2.59. The first-order chi connectivity index (χ1) is 19.4. The number of fused-ring (bicyclic) bond motifs is 1. The van der Waals surface area contributed by atoms with Gasteiger partial charge in [-0.3, -0.25) is 9.59 Å². The van der Waals surface area contributed by atoms with Crippen molar-refractivity contribution in [3.8, 4) is 11.8 Å². The second-order valence-electron chi connectivity index (χ2n) is 10.1. The summed E-state index contributed by atoms with van der Waals surface area (Å²) < 4.78 is 11.1. The predicted octanol–water partition coefficient (Wildman–Crippen LogP) is 3.51. The van der Waals surface area contributed by atoms with E-state index in [1.807, 2.05) is 37.3 Å². The van der Waals surface area contributed by atoms with Gasteiger partial charge in [0.25, 0.3) is 5.91 Å². The normalized spacial score (nSPS) is 18.8. The van der Waals surface area contributed by atoms with E-state index in [-0.39, 0.29) is 38.0 Å². The summed E-state index contributed by atoms with van der Waals surface area (Å²) in [6, 6.07) is 17.6. The van der Waals surface area contributed by atoms with E-state index in [0.717, 1.165) is 24.1 Å². The molecule has 2 aliphatic heterocycles. The van der Waals surface area contributed by atoms with Crippen molar-refractivity contribution in [2.24, 2.45) is 10.5 Å². The summed E-state index contributed by atoms with van der Waals surface area (Å²) in [5.41, 5.74) is 1.26. The van der Waals surface area contributed by atoms with Gasteiger partial charge < -0.3 is 19.7 Å². The first-order valence-electron chi connectivity index (χ1n) is 13.6. The summed E-state index contributed by atoms with van der Waals surface area (Å²) in [6.45, 7) is 2.91. The largest absolute Gasteiger partial charge is 0.493 e. The fraction of sp³-hybridized carbons (Fsp3) is 0.433. The second-order valence-corrected chi connectivity index (χ2v) is 10.1. The Hall–Kier alpha value is -4.39. The van der Waals surface area contributed by atoms with Gasteiger partial charge in [0, 0.05) is 33.0 Å². The van der Waals surface area contributed by atoms with Gasteiger partial charge in [-0.1, -0.05) is 49.7 Å². The van der Waals surface area contributed by atoms with Crippen LogP contribution in [0.2, 0.25) is 0 Å². The first kappa shape index (κ1) is 28.6. The molecule has 2 heterocycles. The molecule has 0 bridgehead atoms. The fourth-order valence-corrected chi connectivity index (χ4v) is 5.14. The lowest BCUT2D eigenvalue weighted by molar-refractivity contribution is -0.140. The Kier molecular flexibility index (Phi) is 9.38. The number of amides is 3. The minimum absolute atomic E-state index is 0.123. The lowest BCUT2D eigenvalue weighted by atomic mass is 9.73. The smallest absolute Gasteiger partial charge is 0.407 e. The quantitative estimate of drug-likeness (QED) is 0.431. The lowest BCUT2D eigenvalue weighted by Gasteiger charge is -2.40. The van der Waals surface area contributed by atoms with Crippen LogP contribution in [-0.4, -0.2) is 72.9 Å². The van der Waals surface area contributed by atoms with E-state index in [1.54, 1.807) is 36.2 Å². The summed E-state index contributed by atoms with van der Waals surface area (Å²) in [4.78, 5) is 41.5. The Morgan fingerprint density at radius 2 is 1.98 bits per heavy atom. The van der Waals surface area contributed by atoms with Crippen LogP contribution < -0.4 is 10.1 Å². The maximum absolute atomic E-state index is 13.9. The van der Waals surface area contributed by atoms with Gasteiger partial charge in [0.1, 0.15) is 17.2 Å². The van der Waals surface area contributed by atoms with Gasteiger partial charge in [-0.25, -0.2) is 9.80 Å². The number of nitrogens with zero attached hydrogens (tertiary/aromatic N) is 4. The highest BCUT2D eigenvalue weighted by Crippen LogP contribution is 2.38. The molecule has 1 saturated heterocycles. The molecule has 0 aromatic heterocycles. The topological polar surface area (TPSA) is 124 Å². The molecule has 2 aromatic rings. The molecule has 0 spiro atoms. The van der Waals surface area contributed by atoms with Crippen LogP contribution in [0.25, 0.3) is 0 Å². The number of rotatable bonds is 11. The molecule has 2 aliphatic rings. The Balaban J connectivity index is 1.50. The first-order valence-corrected chi connectivity index (χ1v) is 13.6. The molecule has 40 heavy (non-hydrogen) atoms. The van der Waals surface area contributed by atoms with Crippen molar-refractivity contribution >= 4 is 23.6 Å². The molecule has 10 heteroatoms. The van der Waals surface area contributed by atoms with Crippen LogP contribution in [0, 0.1) is 16.7 Å². The zero-order valence-corrected chi connectivity index (χ0v) is 23.0. The van der Waals surface area contributed by atoms with Crippen molar-refractivity contribution in [3.63, 3.8) is 0 Å². The average Bonchev–Trinajstić information content (AvgIpc) is 3.21. The molecular weight excluding hydrogens is 510 g/mol. The van der Waals surface area contributed by atoms with Crippen molar-refractivity contribution in [1.82, 2.24) is 15.2 Å². The molecule has 3 amide bonds. The minimum atomic E-state index is -0.954. The summed E-state index contributed by atoms with van der Waals surface area (Å²) >= 11 is 0. The van der Waals surface area contributed by atoms with Gasteiger partial charge in [0.05, 0.1) is 30.6 Å². The number of nitriles is 1. The molecule has 10 nitrogen and oxygen atoms in total. The Morgan fingerprint density at radius 1 is 1.18 bits per heavy atom. The molecule has 4 rings (SSSR count). The van der Waals surface area contributed by atoms with Crippen LogP contribution in [0.3, 0.4) is 0 Å². The monoisotopic (exact) mass is 545 g/mol. The van der Waals surface area contributed by atoms with E-state index in [4.69, 9.17) is 14.7 Å². The maximum atomic E-state index is 13.9. The number of piperidine rings is 1. The van der Waals surface area contributed by atoms with Gasteiger partial charge in [-0.15, -0.1) is 0 Å². The summed E-state index contributed by atoms with van der Waals surface area (Å²) in [5.74, 6) is 0.0414. The van der Waals surface area contributed by atoms with Crippen LogP contribution >= 0.6 is 0 Å². The van der Waals surface area contributed by atoms with Crippen LogP contribution in [-0.2, 0) is 20.7 Å². The highest BCUT2D eigenvalue weighted by Gasteiger charge is 2.53. The number of ether oxygens (including phenoxy) is 2. The zero-order valence-electron chi connectivity index (χ0n) is 23.0. The van der Waals surface area contributed by atoms with E-state index in [2.05, 4.69) is 16.5 Å². The third kappa shape index (κ3) is 6.60. The molecule has 2 aromatic carbocycles. The average molecular weight is 546 g/mol. The summed E-state index contributed by atoms with van der Waals surface area (Å²) in [7, 11) is 1.64.